The smallest absolute Gasteiger partial charge is 0.0763 e. The number of aromatic nitrogens is 2. The number of rotatable bonds is 3. The van der Waals surface area contributed by atoms with E-state index in [0.29, 0.717) is 0 Å². The van der Waals surface area contributed by atoms with Gasteiger partial charge in [0.1, 0.15) is 0 Å². The van der Waals surface area contributed by atoms with Gasteiger partial charge in [0.15, 0.2) is 0 Å². The van der Waals surface area contributed by atoms with E-state index in [9.17, 15) is 0 Å². The van der Waals surface area contributed by atoms with E-state index in [1.807, 2.05) is 0 Å². The molecule has 0 aliphatic heterocycles. The van der Waals surface area contributed by atoms with Gasteiger partial charge in [0.2, 0.25) is 0 Å². The summed E-state index contributed by atoms with van der Waals surface area (Å²) in [6.45, 7) is 12.8. The molecule has 0 bridgehead atoms. The normalized spacial score (nSPS) is 11.7. The third kappa shape index (κ3) is 3.01. The second-order valence-electron chi connectivity index (χ2n) is 7.25. The fraction of sp³-hybridized carbons (Fsp3) is 0.273. The molecule has 0 N–H and O–H groups in total. The molecule has 24 heavy (non-hydrogen) atoms. The topological polar surface area (TPSA) is 17.8 Å². The lowest BCUT2D eigenvalue weighted by Crippen LogP contribution is -2.14. The van der Waals surface area contributed by atoms with E-state index in [4.69, 9.17) is 5.10 Å². The zero-order valence-electron chi connectivity index (χ0n) is 15.0. The largest absolute Gasteiger partial charge is 0.237 e. The lowest BCUT2D eigenvalue weighted by atomic mass is 9.86. The van der Waals surface area contributed by atoms with Gasteiger partial charge in [-0.1, -0.05) is 63.2 Å². The van der Waals surface area contributed by atoms with Crippen molar-refractivity contribution >= 4 is 0 Å². The molecule has 1 heterocycles. The quantitative estimate of drug-likeness (QED) is 0.622. The lowest BCUT2D eigenvalue weighted by Gasteiger charge is -2.17. The van der Waals surface area contributed by atoms with E-state index >= 15 is 0 Å². The molecule has 3 aromatic rings. The predicted molar refractivity (Wildman–Crippen MR) is 101 cm³/mol. The minimum Gasteiger partial charge on any atom is -0.237 e. The van der Waals surface area contributed by atoms with E-state index in [0.717, 1.165) is 17.8 Å². The molecule has 2 aromatic carbocycles. The van der Waals surface area contributed by atoms with Gasteiger partial charge in [-0.25, -0.2) is 4.68 Å². The van der Waals surface area contributed by atoms with E-state index in [2.05, 4.69) is 93.9 Å². The molecule has 0 aliphatic carbocycles. The molecule has 0 unspecified atom stereocenters. The molecule has 0 saturated heterocycles. The van der Waals surface area contributed by atoms with E-state index in [1.54, 1.807) is 0 Å². The predicted octanol–water partition coefficient (Wildman–Crippen LogP) is 5.52. The Morgan fingerprint density at radius 3 is 2.12 bits per heavy atom. The van der Waals surface area contributed by atoms with Gasteiger partial charge in [0.25, 0.3) is 0 Å². The van der Waals surface area contributed by atoms with Crippen molar-refractivity contribution in [3.63, 3.8) is 0 Å². The highest BCUT2D eigenvalue weighted by Crippen LogP contribution is 2.35. The summed E-state index contributed by atoms with van der Waals surface area (Å²) in [6, 6.07) is 19.1. The fourth-order valence-electron chi connectivity index (χ4n) is 3.03. The van der Waals surface area contributed by atoms with Crippen molar-refractivity contribution in [1.82, 2.24) is 9.78 Å². The Hall–Kier alpha value is -2.35. The monoisotopic (exact) mass is 317 g/mol. The highest BCUT2D eigenvalue weighted by Gasteiger charge is 2.26. The minimum absolute atomic E-state index is 0.0194. The van der Waals surface area contributed by atoms with Crippen molar-refractivity contribution in [2.45, 2.75) is 39.5 Å². The van der Waals surface area contributed by atoms with Gasteiger partial charge in [-0.05, 0) is 43.5 Å². The van der Waals surface area contributed by atoms with Crippen molar-refractivity contribution in [1.29, 1.82) is 0 Å². The Morgan fingerprint density at radius 2 is 1.58 bits per heavy atom. The third-order valence-electron chi connectivity index (χ3n) is 4.36. The summed E-state index contributed by atoms with van der Waals surface area (Å²) >= 11 is 0. The molecule has 1 radical (unpaired) electrons. The Morgan fingerprint density at radius 1 is 0.958 bits per heavy atom. The van der Waals surface area contributed by atoms with Crippen LogP contribution in [0.25, 0.3) is 16.8 Å². The first-order chi connectivity index (χ1) is 11.4. The highest BCUT2D eigenvalue weighted by molar-refractivity contribution is 5.70. The van der Waals surface area contributed by atoms with Crippen LogP contribution in [-0.2, 0) is 11.8 Å². The second-order valence-corrected chi connectivity index (χ2v) is 7.25. The summed E-state index contributed by atoms with van der Waals surface area (Å²) in [5, 5.41) is 4.98. The molecule has 0 spiro atoms. The summed E-state index contributed by atoms with van der Waals surface area (Å²) in [6.07, 6.45) is 0.806. The zero-order chi connectivity index (χ0) is 17.3. The average molecular weight is 317 g/mol. The molecule has 0 aliphatic rings. The first-order valence-corrected chi connectivity index (χ1v) is 8.46. The first-order valence-electron chi connectivity index (χ1n) is 8.46. The zero-order valence-corrected chi connectivity index (χ0v) is 15.0. The fourth-order valence-corrected chi connectivity index (χ4v) is 3.03. The number of hydrogen-bond acceptors (Lipinski definition) is 1. The lowest BCUT2D eigenvalue weighted by molar-refractivity contribution is 0.561. The Bertz CT molecular complexity index is 819. The number of hydrogen-bond donors (Lipinski definition) is 0. The van der Waals surface area contributed by atoms with Crippen LogP contribution in [0.15, 0.2) is 54.6 Å². The average Bonchev–Trinajstić information content (AvgIpc) is 2.93. The maximum absolute atomic E-state index is 4.98. The maximum atomic E-state index is 4.98. The van der Waals surface area contributed by atoms with Gasteiger partial charge in [0, 0.05) is 16.7 Å². The van der Waals surface area contributed by atoms with E-state index < -0.39 is 0 Å². The number of nitrogens with zero attached hydrogens (tertiary/aromatic N) is 2. The SMILES string of the molecule is [CH2]Cc1ccc(-n2nc(C(C)(C)C)c(-c3ccccc3)c2C)cc1. The summed E-state index contributed by atoms with van der Waals surface area (Å²) in [4.78, 5) is 0. The Kier molecular flexibility index (Phi) is 4.31. The molecule has 0 fully saturated rings. The van der Waals surface area contributed by atoms with Crippen molar-refractivity contribution in [2.75, 3.05) is 0 Å². The van der Waals surface area contributed by atoms with Gasteiger partial charge < -0.3 is 0 Å². The molecule has 0 saturated carbocycles. The molecule has 2 heteroatoms. The minimum atomic E-state index is -0.0194. The van der Waals surface area contributed by atoms with Crippen molar-refractivity contribution in [3.8, 4) is 16.8 Å². The summed E-state index contributed by atoms with van der Waals surface area (Å²) < 4.78 is 2.07. The summed E-state index contributed by atoms with van der Waals surface area (Å²) in [5.41, 5.74) is 7.08. The van der Waals surface area contributed by atoms with Crippen LogP contribution in [0.5, 0.6) is 0 Å². The van der Waals surface area contributed by atoms with Gasteiger partial charge >= 0.3 is 0 Å². The summed E-state index contributed by atoms with van der Waals surface area (Å²) in [7, 11) is 0. The molecule has 0 amide bonds. The van der Waals surface area contributed by atoms with E-state index in [-0.39, 0.29) is 5.41 Å². The first kappa shape index (κ1) is 16.5. The molecule has 2 nitrogen and oxygen atoms in total. The summed E-state index contributed by atoms with van der Waals surface area (Å²) in [5.74, 6) is 0. The van der Waals surface area contributed by atoms with Crippen LogP contribution < -0.4 is 0 Å². The third-order valence-corrected chi connectivity index (χ3v) is 4.36. The van der Waals surface area contributed by atoms with Crippen LogP contribution in [0, 0.1) is 13.8 Å². The van der Waals surface area contributed by atoms with Gasteiger partial charge in [-0.3, -0.25) is 0 Å². The van der Waals surface area contributed by atoms with Crippen LogP contribution in [-0.4, -0.2) is 9.78 Å². The Labute approximate surface area is 145 Å². The van der Waals surface area contributed by atoms with Gasteiger partial charge in [-0.2, -0.15) is 5.10 Å². The highest BCUT2D eigenvalue weighted by atomic mass is 15.3. The van der Waals surface area contributed by atoms with Crippen LogP contribution in [0.3, 0.4) is 0 Å². The molecular weight excluding hydrogens is 292 g/mol. The van der Waals surface area contributed by atoms with Crippen LogP contribution >= 0.6 is 0 Å². The van der Waals surface area contributed by atoms with Gasteiger partial charge in [-0.15, -0.1) is 0 Å². The molecule has 0 atom stereocenters. The van der Waals surface area contributed by atoms with Crippen molar-refractivity contribution < 1.29 is 0 Å². The molecular formula is C22H25N2. The molecule has 1 aromatic heterocycles. The van der Waals surface area contributed by atoms with E-state index in [1.165, 1.54) is 22.4 Å². The number of benzene rings is 2. The van der Waals surface area contributed by atoms with Crippen LogP contribution in [0.4, 0.5) is 0 Å². The second kappa shape index (κ2) is 6.27. The standard InChI is InChI=1S/C22H25N2/c1-6-17-12-14-19(15-13-17)24-16(2)20(18-10-8-7-9-11-18)21(23-24)22(3,4)5/h7-15H,1,6H2,2-5H3. The Balaban J connectivity index is 2.20. The maximum Gasteiger partial charge on any atom is 0.0763 e. The van der Waals surface area contributed by atoms with Crippen LogP contribution in [0.2, 0.25) is 0 Å². The molecule has 123 valence electrons. The van der Waals surface area contributed by atoms with Gasteiger partial charge in [0.05, 0.1) is 11.4 Å². The molecule has 3 rings (SSSR count). The van der Waals surface area contributed by atoms with Crippen molar-refractivity contribution in [3.05, 3.63) is 78.5 Å². The van der Waals surface area contributed by atoms with Crippen LogP contribution in [0.1, 0.15) is 37.7 Å². The van der Waals surface area contributed by atoms with Crippen molar-refractivity contribution in [2.24, 2.45) is 0 Å².